The van der Waals surface area contributed by atoms with Crippen LogP contribution in [0, 0.1) is 0 Å². The summed E-state index contributed by atoms with van der Waals surface area (Å²) < 4.78 is 1.74. The standard InChI is InChI=1S/C24H28N6O2/c1-28-14-6-10-21(28)22(31)25-13-11-19(16-18-8-4-3-5-9-18)29(2)23(32)20-17-30-15-7-12-26-24(30)27-20/h3-9,12,14-15,17,19,21H,10-11,13,16H2,1-2H3,(H,25,31)/t19-,21?/m1/s1. The van der Waals surface area contributed by atoms with Gasteiger partial charge in [-0.15, -0.1) is 0 Å². The van der Waals surface area contributed by atoms with Crippen molar-refractivity contribution in [1.82, 2.24) is 29.5 Å². The topological polar surface area (TPSA) is 82.8 Å². The molecule has 2 atom stereocenters. The SMILES string of the molecule is CN1C=CCC1C(=O)NCC[C@H](Cc1ccccc1)N(C)C(=O)c1cn2cccnc2n1. The number of amides is 2. The normalized spacial score (nSPS) is 16.3. The molecule has 1 aromatic carbocycles. The molecule has 8 nitrogen and oxygen atoms in total. The first-order valence-electron chi connectivity index (χ1n) is 10.8. The zero-order valence-electron chi connectivity index (χ0n) is 18.4. The van der Waals surface area contributed by atoms with E-state index >= 15 is 0 Å². The highest BCUT2D eigenvalue weighted by Gasteiger charge is 2.26. The van der Waals surface area contributed by atoms with Gasteiger partial charge in [-0.3, -0.25) is 14.0 Å². The molecule has 0 bridgehead atoms. The molecule has 4 rings (SSSR count). The Hall–Kier alpha value is -3.68. The van der Waals surface area contributed by atoms with E-state index in [0.717, 1.165) is 12.0 Å². The van der Waals surface area contributed by atoms with Crippen LogP contribution in [-0.4, -0.2) is 68.7 Å². The van der Waals surface area contributed by atoms with Gasteiger partial charge in [-0.1, -0.05) is 36.4 Å². The minimum atomic E-state index is -0.164. The van der Waals surface area contributed by atoms with E-state index in [0.29, 0.717) is 30.9 Å². The largest absolute Gasteiger partial charge is 0.369 e. The summed E-state index contributed by atoms with van der Waals surface area (Å²) in [6, 6.07) is 11.6. The van der Waals surface area contributed by atoms with Crippen LogP contribution in [0.3, 0.4) is 0 Å². The lowest BCUT2D eigenvalue weighted by Gasteiger charge is -2.28. The second kappa shape index (κ2) is 9.64. The van der Waals surface area contributed by atoms with Crippen LogP contribution in [-0.2, 0) is 11.2 Å². The predicted octanol–water partition coefficient (Wildman–Crippen LogP) is 2.14. The summed E-state index contributed by atoms with van der Waals surface area (Å²) in [5, 5.41) is 3.04. The third-order valence-electron chi connectivity index (χ3n) is 5.91. The number of benzene rings is 1. The summed E-state index contributed by atoms with van der Waals surface area (Å²) in [5.41, 5.74) is 1.49. The highest BCUT2D eigenvalue weighted by Crippen LogP contribution is 2.15. The van der Waals surface area contributed by atoms with Gasteiger partial charge < -0.3 is 15.1 Å². The van der Waals surface area contributed by atoms with E-state index < -0.39 is 0 Å². The van der Waals surface area contributed by atoms with Crippen LogP contribution in [0.5, 0.6) is 0 Å². The first kappa shape index (κ1) is 21.5. The van der Waals surface area contributed by atoms with Crippen molar-refractivity contribution in [2.24, 2.45) is 0 Å². The average Bonchev–Trinajstić information content (AvgIpc) is 3.44. The van der Waals surface area contributed by atoms with E-state index in [1.165, 1.54) is 0 Å². The number of hydrogen-bond acceptors (Lipinski definition) is 5. The summed E-state index contributed by atoms with van der Waals surface area (Å²) in [5.74, 6) is 0.337. The predicted molar refractivity (Wildman–Crippen MR) is 122 cm³/mol. The van der Waals surface area contributed by atoms with Crippen LogP contribution in [0.15, 0.2) is 67.3 Å². The van der Waals surface area contributed by atoms with Gasteiger partial charge in [-0.05, 0) is 37.1 Å². The quantitative estimate of drug-likeness (QED) is 0.590. The number of likely N-dealkylation sites (N-methyl/N-ethyl adjacent to an activating group) is 2. The van der Waals surface area contributed by atoms with Gasteiger partial charge in [0.2, 0.25) is 11.7 Å². The molecular formula is C24H28N6O2. The van der Waals surface area contributed by atoms with E-state index in [1.54, 1.807) is 34.8 Å². The Kier molecular flexibility index (Phi) is 6.49. The number of hydrogen-bond donors (Lipinski definition) is 1. The van der Waals surface area contributed by atoms with Crippen LogP contribution < -0.4 is 5.32 Å². The maximum atomic E-state index is 13.2. The Morgan fingerprint density at radius 3 is 2.78 bits per heavy atom. The summed E-state index contributed by atoms with van der Waals surface area (Å²) in [6.07, 6.45) is 11.1. The molecule has 8 heteroatoms. The van der Waals surface area contributed by atoms with E-state index in [9.17, 15) is 9.59 Å². The number of carbonyl (C=O) groups is 2. The van der Waals surface area contributed by atoms with Crippen molar-refractivity contribution in [3.63, 3.8) is 0 Å². The average molecular weight is 433 g/mol. The molecule has 0 saturated carbocycles. The van der Waals surface area contributed by atoms with Crippen molar-refractivity contribution < 1.29 is 9.59 Å². The fraction of sp³-hybridized carbons (Fsp3) is 0.333. The molecule has 1 N–H and O–H groups in total. The van der Waals surface area contributed by atoms with Crippen molar-refractivity contribution in [2.45, 2.75) is 31.3 Å². The first-order chi connectivity index (χ1) is 15.5. The fourth-order valence-corrected chi connectivity index (χ4v) is 4.00. The van der Waals surface area contributed by atoms with E-state index in [1.807, 2.05) is 48.6 Å². The highest BCUT2D eigenvalue weighted by molar-refractivity contribution is 5.92. The minimum Gasteiger partial charge on any atom is -0.369 e. The Balaban J connectivity index is 1.45. The molecule has 3 aromatic rings. The monoisotopic (exact) mass is 432 g/mol. The number of imidazole rings is 1. The Labute approximate surface area is 187 Å². The van der Waals surface area contributed by atoms with E-state index in [4.69, 9.17) is 0 Å². The van der Waals surface area contributed by atoms with Crippen molar-refractivity contribution in [2.75, 3.05) is 20.6 Å². The molecule has 1 aliphatic rings. The molecule has 3 heterocycles. The maximum Gasteiger partial charge on any atom is 0.274 e. The fourth-order valence-electron chi connectivity index (χ4n) is 4.00. The Morgan fingerprint density at radius 1 is 1.25 bits per heavy atom. The number of aromatic nitrogens is 3. The summed E-state index contributed by atoms with van der Waals surface area (Å²) in [7, 11) is 3.70. The zero-order chi connectivity index (χ0) is 22.5. The Morgan fingerprint density at radius 2 is 2.06 bits per heavy atom. The van der Waals surface area contributed by atoms with Crippen molar-refractivity contribution in [3.05, 3.63) is 78.5 Å². The van der Waals surface area contributed by atoms with Gasteiger partial charge in [0.1, 0.15) is 11.7 Å². The van der Waals surface area contributed by atoms with Crippen molar-refractivity contribution in [3.8, 4) is 0 Å². The van der Waals surface area contributed by atoms with E-state index in [2.05, 4.69) is 27.4 Å². The van der Waals surface area contributed by atoms with Crippen LogP contribution >= 0.6 is 0 Å². The second-order valence-electron chi connectivity index (χ2n) is 8.09. The molecule has 0 spiro atoms. The van der Waals surface area contributed by atoms with Crippen LogP contribution in [0.25, 0.3) is 5.78 Å². The molecule has 2 aromatic heterocycles. The van der Waals surface area contributed by atoms with Crippen molar-refractivity contribution >= 4 is 17.6 Å². The summed E-state index contributed by atoms with van der Waals surface area (Å²) in [6.45, 7) is 0.491. The minimum absolute atomic E-state index is 0.0105. The number of rotatable bonds is 8. The Bertz CT molecular complexity index is 1080. The molecule has 1 aliphatic heterocycles. The maximum absolute atomic E-state index is 13.2. The molecular weight excluding hydrogens is 404 g/mol. The van der Waals surface area contributed by atoms with Gasteiger partial charge in [0.15, 0.2) is 0 Å². The van der Waals surface area contributed by atoms with Crippen LogP contribution in [0.2, 0.25) is 0 Å². The van der Waals surface area contributed by atoms with Crippen LogP contribution in [0.4, 0.5) is 0 Å². The lowest BCUT2D eigenvalue weighted by molar-refractivity contribution is -0.124. The number of nitrogens with one attached hydrogen (secondary N) is 1. The zero-order valence-corrected chi connectivity index (χ0v) is 18.4. The highest BCUT2D eigenvalue weighted by atomic mass is 16.2. The summed E-state index contributed by atoms with van der Waals surface area (Å²) >= 11 is 0. The smallest absolute Gasteiger partial charge is 0.274 e. The number of fused-ring (bicyclic) bond motifs is 1. The second-order valence-corrected chi connectivity index (χ2v) is 8.09. The van der Waals surface area contributed by atoms with Crippen LogP contribution in [0.1, 0.15) is 28.9 Å². The first-order valence-corrected chi connectivity index (χ1v) is 10.8. The summed E-state index contributed by atoms with van der Waals surface area (Å²) in [4.78, 5) is 38.0. The number of carbonyl (C=O) groups excluding carboxylic acids is 2. The molecule has 0 aliphatic carbocycles. The third kappa shape index (κ3) is 4.80. The van der Waals surface area contributed by atoms with Gasteiger partial charge in [0.25, 0.3) is 5.91 Å². The van der Waals surface area contributed by atoms with Gasteiger partial charge in [0.05, 0.1) is 0 Å². The van der Waals surface area contributed by atoms with Crippen molar-refractivity contribution in [1.29, 1.82) is 0 Å². The van der Waals surface area contributed by atoms with Gasteiger partial charge in [-0.25, -0.2) is 9.97 Å². The van der Waals surface area contributed by atoms with E-state index in [-0.39, 0.29) is 23.9 Å². The van der Waals surface area contributed by atoms with Gasteiger partial charge >= 0.3 is 0 Å². The lowest BCUT2D eigenvalue weighted by atomic mass is 10.0. The molecule has 2 amide bonds. The third-order valence-corrected chi connectivity index (χ3v) is 5.91. The molecule has 1 unspecified atom stereocenters. The molecule has 0 fully saturated rings. The van der Waals surface area contributed by atoms with Gasteiger partial charge in [0, 0.05) is 45.3 Å². The molecule has 166 valence electrons. The molecule has 0 radical (unpaired) electrons. The lowest BCUT2D eigenvalue weighted by Crippen LogP contribution is -2.44. The number of nitrogens with zero attached hydrogens (tertiary/aromatic N) is 5. The van der Waals surface area contributed by atoms with Gasteiger partial charge in [-0.2, -0.15) is 0 Å². The molecule has 32 heavy (non-hydrogen) atoms. The molecule has 0 saturated heterocycles.